The van der Waals surface area contributed by atoms with Gasteiger partial charge in [-0.25, -0.2) is 4.39 Å². The molecular weight excluding hydrogens is 347 g/mol. The first-order valence-electron chi connectivity index (χ1n) is 10.00. The molecule has 2 saturated heterocycles. The maximum Gasteiger partial charge on any atom is 0.279 e. The van der Waals surface area contributed by atoms with E-state index >= 15 is 0 Å². The fraction of sp³-hybridized carbons (Fsp3) is 0.600. The molecule has 7 heteroatoms. The number of piperazine rings is 1. The number of quaternary nitrogens is 2. The second-order valence-corrected chi connectivity index (χ2v) is 7.98. The van der Waals surface area contributed by atoms with Gasteiger partial charge in [-0.1, -0.05) is 13.0 Å². The monoisotopic (exact) mass is 378 g/mol. The van der Waals surface area contributed by atoms with Crippen LogP contribution in [0, 0.1) is 11.7 Å². The molecule has 3 N–H and O–H groups in total. The molecule has 1 aromatic rings. The average molecular weight is 378 g/mol. The Morgan fingerprint density at radius 1 is 1.11 bits per heavy atom. The molecule has 1 aromatic carbocycles. The van der Waals surface area contributed by atoms with E-state index in [1.807, 2.05) is 4.90 Å². The highest BCUT2D eigenvalue weighted by Gasteiger charge is 2.29. The number of hydrogen-bond donors (Lipinski definition) is 3. The van der Waals surface area contributed by atoms with Crippen LogP contribution in [0.3, 0.4) is 0 Å². The smallest absolute Gasteiger partial charge is 0.279 e. The lowest BCUT2D eigenvalue weighted by Gasteiger charge is -2.33. The Bertz CT molecular complexity index is 653. The third-order valence-electron chi connectivity index (χ3n) is 5.72. The van der Waals surface area contributed by atoms with Gasteiger partial charge in [-0.15, -0.1) is 0 Å². The zero-order valence-electron chi connectivity index (χ0n) is 16.1. The number of nitrogens with one attached hydrogen (secondary N) is 3. The number of likely N-dealkylation sites (tertiary alicyclic amines) is 1. The Kier molecular flexibility index (Phi) is 6.79. The fourth-order valence-electron chi connectivity index (χ4n) is 3.89. The van der Waals surface area contributed by atoms with Gasteiger partial charge in [-0.2, -0.15) is 0 Å². The molecule has 0 unspecified atom stereocenters. The van der Waals surface area contributed by atoms with Gasteiger partial charge in [-0.3, -0.25) is 9.59 Å². The topological polar surface area (TPSA) is 58.3 Å². The fourth-order valence-corrected chi connectivity index (χ4v) is 3.89. The second kappa shape index (κ2) is 9.28. The first kappa shape index (κ1) is 19.8. The highest BCUT2D eigenvalue weighted by molar-refractivity contribution is 5.91. The molecule has 0 aliphatic carbocycles. The third kappa shape index (κ3) is 6.01. The summed E-state index contributed by atoms with van der Waals surface area (Å²) >= 11 is 0. The molecule has 0 aromatic heterocycles. The summed E-state index contributed by atoms with van der Waals surface area (Å²) in [6, 6.07) is 5.95. The molecule has 0 bridgehead atoms. The minimum absolute atomic E-state index is 0.0995. The van der Waals surface area contributed by atoms with Gasteiger partial charge in [-0.05, 0) is 37.0 Å². The lowest BCUT2D eigenvalue weighted by atomic mass is 9.99. The largest absolute Gasteiger partial charge is 0.338 e. The van der Waals surface area contributed by atoms with E-state index in [1.165, 1.54) is 21.9 Å². The van der Waals surface area contributed by atoms with Crippen molar-refractivity contribution in [3.05, 3.63) is 30.1 Å². The highest BCUT2D eigenvalue weighted by atomic mass is 19.1. The van der Waals surface area contributed by atoms with Crippen molar-refractivity contribution >= 4 is 17.5 Å². The van der Waals surface area contributed by atoms with Crippen LogP contribution in [0.2, 0.25) is 0 Å². The second-order valence-electron chi connectivity index (χ2n) is 7.98. The van der Waals surface area contributed by atoms with Crippen molar-refractivity contribution in [3.8, 4) is 0 Å². The first-order valence-corrected chi connectivity index (χ1v) is 10.00. The van der Waals surface area contributed by atoms with Gasteiger partial charge in [0, 0.05) is 18.8 Å². The molecule has 0 saturated carbocycles. The number of piperidine rings is 1. The number of anilines is 1. The van der Waals surface area contributed by atoms with Gasteiger partial charge < -0.3 is 20.0 Å². The van der Waals surface area contributed by atoms with E-state index in [0.717, 1.165) is 58.0 Å². The maximum absolute atomic E-state index is 13.2. The van der Waals surface area contributed by atoms with Crippen LogP contribution in [0.5, 0.6) is 0 Å². The summed E-state index contributed by atoms with van der Waals surface area (Å²) in [6.07, 6.45) is 2.22. The van der Waals surface area contributed by atoms with Crippen molar-refractivity contribution < 1.29 is 23.8 Å². The van der Waals surface area contributed by atoms with E-state index in [4.69, 9.17) is 0 Å². The number of rotatable bonds is 5. The highest BCUT2D eigenvalue weighted by Crippen LogP contribution is 2.15. The molecule has 3 rings (SSSR count). The van der Waals surface area contributed by atoms with Crippen LogP contribution in [-0.4, -0.2) is 69.1 Å². The van der Waals surface area contributed by atoms with Crippen molar-refractivity contribution in [1.29, 1.82) is 0 Å². The van der Waals surface area contributed by atoms with Crippen molar-refractivity contribution in [3.63, 3.8) is 0 Å². The summed E-state index contributed by atoms with van der Waals surface area (Å²) < 4.78 is 13.2. The summed E-state index contributed by atoms with van der Waals surface area (Å²) in [4.78, 5) is 29.2. The molecule has 2 aliphatic rings. The quantitative estimate of drug-likeness (QED) is 0.603. The Balaban J connectivity index is 1.37. The van der Waals surface area contributed by atoms with Crippen LogP contribution in [0.1, 0.15) is 19.8 Å². The van der Waals surface area contributed by atoms with Crippen LogP contribution >= 0.6 is 0 Å². The van der Waals surface area contributed by atoms with E-state index in [9.17, 15) is 14.0 Å². The molecule has 2 amide bonds. The standard InChI is InChI=1S/C20H29FN4O2/c1-16-5-7-25(8-6-16)20(27)15-24-11-9-23(10-12-24)14-19(26)22-18-4-2-3-17(21)13-18/h2-4,13,16H,5-12,14-15H2,1H3,(H,22,26)/p+2. The lowest BCUT2D eigenvalue weighted by molar-refractivity contribution is -1.00. The maximum atomic E-state index is 13.2. The summed E-state index contributed by atoms with van der Waals surface area (Å²) in [5.41, 5.74) is 0.491. The van der Waals surface area contributed by atoms with Gasteiger partial charge in [0.05, 0.1) is 0 Å². The lowest BCUT2D eigenvalue weighted by Crippen LogP contribution is -3.28. The summed E-state index contributed by atoms with van der Waals surface area (Å²) in [6.45, 7) is 8.53. The van der Waals surface area contributed by atoms with E-state index < -0.39 is 0 Å². The van der Waals surface area contributed by atoms with Gasteiger partial charge in [0.25, 0.3) is 11.8 Å². The first-order chi connectivity index (χ1) is 13.0. The molecule has 2 aliphatic heterocycles. The number of benzene rings is 1. The third-order valence-corrected chi connectivity index (χ3v) is 5.72. The van der Waals surface area contributed by atoms with Crippen molar-refractivity contribution in [2.45, 2.75) is 19.8 Å². The summed E-state index contributed by atoms with van der Waals surface area (Å²) in [7, 11) is 0. The Morgan fingerprint density at radius 3 is 2.37 bits per heavy atom. The Labute approximate surface area is 160 Å². The molecule has 0 atom stereocenters. The molecule has 6 nitrogen and oxygen atoms in total. The molecule has 2 heterocycles. The van der Waals surface area contributed by atoms with E-state index in [1.54, 1.807) is 12.1 Å². The van der Waals surface area contributed by atoms with Crippen LogP contribution in [-0.2, 0) is 9.59 Å². The van der Waals surface area contributed by atoms with Crippen molar-refractivity contribution in [2.75, 3.05) is 57.7 Å². The number of hydrogen-bond acceptors (Lipinski definition) is 2. The molecule has 148 valence electrons. The number of halogens is 1. The zero-order chi connectivity index (χ0) is 19.2. The number of amides is 2. The molecule has 27 heavy (non-hydrogen) atoms. The molecule has 0 radical (unpaired) electrons. The molecule has 0 spiro atoms. The van der Waals surface area contributed by atoms with Crippen LogP contribution in [0.25, 0.3) is 0 Å². The van der Waals surface area contributed by atoms with Crippen molar-refractivity contribution in [1.82, 2.24) is 4.90 Å². The predicted octanol–water partition coefficient (Wildman–Crippen LogP) is -1.19. The number of nitrogens with zero attached hydrogens (tertiary/aromatic N) is 1. The minimum Gasteiger partial charge on any atom is -0.338 e. The van der Waals surface area contributed by atoms with E-state index in [-0.39, 0.29) is 17.6 Å². The Hall–Kier alpha value is -1.99. The van der Waals surface area contributed by atoms with Gasteiger partial charge in [0.15, 0.2) is 13.1 Å². The Morgan fingerprint density at radius 2 is 1.74 bits per heavy atom. The SMILES string of the molecule is CC1CCN(C(=O)C[NH+]2CC[NH+](CC(=O)Nc3cccc(F)c3)CC2)CC1. The van der Waals surface area contributed by atoms with Gasteiger partial charge in [0.1, 0.15) is 32.0 Å². The van der Waals surface area contributed by atoms with Crippen LogP contribution < -0.4 is 15.1 Å². The van der Waals surface area contributed by atoms with E-state index in [2.05, 4.69) is 12.2 Å². The van der Waals surface area contributed by atoms with Crippen molar-refractivity contribution in [2.24, 2.45) is 5.92 Å². The zero-order valence-corrected chi connectivity index (χ0v) is 16.1. The number of carbonyl (C=O) groups excluding carboxylic acids is 2. The van der Waals surface area contributed by atoms with E-state index in [0.29, 0.717) is 18.8 Å². The molecular formula is C20H31FN4O2+2. The van der Waals surface area contributed by atoms with Gasteiger partial charge >= 0.3 is 0 Å². The molecule has 2 fully saturated rings. The van der Waals surface area contributed by atoms with Gasteiger partial charge in [0.2, 0.25) is 0 Å². The normalized spacial score (nSPS) is 23.9. The summed E-state index contributed by atoms with van der Waals surface area (Å²) in [5.74, 6) is 0.541. The van der Waals surface area contributed by atoms with Crippen LogP contribution in [0.15, 0.2) is 24.3 Å². The summed E-state index contributed by atoms with van der Waals surface area (Å²) in [5, 5.41) is 2.75. The number of carbonyl (C=O) groups is 2. The van der Waals surface area contributed by atoms with Crippen LogP contribution in [0.4, 0.5) is 10.1 Å². The predicted molar refractivity (Wildman–Crippen MR) is 101 cm³/mol. The average Bonchev–Trinajstić information content (AvgIpc) is 2.64. The minimum atomic E-state index is -0.356.